The highest BCUT2D eigenvalue weighted by atomic mass is 19.4. The van der Waals surface area contributed by atoms with Crippen LogP contribution in [0.25, 0.3) is 119 Å². The number of halogens is 6. The largest absolute Gasteiger partial charge is 0.434 e. The van der Waals surface area contributed by atoms with E-state index in [-0.39, 0.29) is 64.7 Å². The maximum absolute atomic E-state index is 13.5. The fourth-order valence-corrected chi connectivity index (χ4v) is 20.6. The van der Waals surface area contributed by atoms with Crippen LogP contribution in [0.2, 0.25) is 0 Å². The highest BCUT2D eigenvalue weighted by molar-refractivity contribution is 5.79. The molecule has 0 bridgehead atoms. The Morgan fingerprint density at radius 2 is 0.873 bits per heavy atom. The monoisotopic (exact) mass is 2030 g/mol. The third-order valence-electron chi connectivity index (χ3n) is 29.2. The van der Waals surface area contributed by atoms with Crippen LogP contribution in [-0.2, 0) is 77.5 Å². The predicted molar refractivity (Wildman–Crippen MR) is 563 cm³/mol. The molecule has 0 unspecified atom stereocenters. The molecule has 0 spiro atoms. The molecular weight excluding hydrogens is 1920 g/mol. The molecule has 772 valence electrons. The normalized spacial score (nSPS) is 15.3. The van der Waals surface area contributed by atoms with Crippen molar-refractivity contribution in [2.24, 2.45) is 41.2 Å². The number of fused-ring (bicyclic) bond motifs is 4. The van der Waals surface area contributed by atoms with Gasteiger partial charge in [0.05, 0.1) is 91.5 Å². The number of imidazole rings is 6. The minimum Gasteiger partial charge on any atom is -0.377 e. The van der Waals surface area contributed by atoms with Crippen molar-refractivity contribution in [1.29, 1.82) is 0 Å². The van der Waals surface area contributed by atoms with E-state index in [0.29, 0.717) is 112 Å². The van der Waals surface area contributed by atoms with Gasteiger partial charge in [0.2, 0.25) is 0 Å². The van der Waals surface area contributed by atoms with Crippen LogP contribution in [-0.4, -0.2) is 151 Å². The van der Waals surface area contributed by atoms with E-state index in [1.54, 1.807) is 122 Å². The Balaban J connectivity index is 0.000000121. The number of hydrogen-bond donors (Lipinski definition) is 0. The number of ether oxygens (including phenoxy) is 1. The Kier molecular flexibility index (Phi) is 27.4. The summed E-state index contributed by atoms with van der Waals surface area (Å²) in [6, 6.07) is 50.9. The Morgan fingerprint density at radius 1 is 0.433 bits per heavy atom. The fraction of sp³-hybridized carbons (Fsp3) is 0.357. The van der Waals surface area contributed by atoms with Crippen molar-refractivity contribution in [2.45, 2.75) is 194 Å². The quantitative estimate of drug-likeness (QED) is 0.0569. The number of rotatable bonds is 22. The van der Waals surface area contributed by atoms with E-state index in [1.807, 2.05) is 95.2 Å². The maximum atomic E-state index is 13.5. The second-order valence-electron chi connectivity index (χ2n) is 40.8. The van der Waals surface area contributed by atoms with Gasteiger partial charge in [0.1, 0.15) is 33.7 Å². The third-order valence-corrected chi connectivity index (χ3v) is 29.2. The minimum atomic E-state index is -4.55. The molecule has 32 nitrogen and oxygen atoms in total. The lowest BCUT2D eigenvalue weighted by molar-refractivity contribution is -0.141. The van der Waals surface area contributed by atoms with Gasteiger partial charge >= 0.3 is 35.1 Å². The summed E-state index contributed by atoms with van der Waals surface area (Å²) in [6.07, 6.45) is 10.4. The number of alkyl halides is 6. The summed E-state index contributed by atoms with van der Waals surface area (Å²) < 4.78 is 105. The lowest BCUT2D eigenvalue weighted by Gasteiger charge is -2.30. The smallest absolute Gasteiger partial charge is 0.377 e. The first-order chi connectivity index (χ1) is 71.9. The molecule has 4 aliphatic rings. The van der Waals surface area contributed by atoms with Gasteiger partial charge in [-0.1, -0.05) is 165 Å². The highest BCUT2D eigenvalue weighted by Gasteiger charge is 2.50. The summed E-state index contributed by atoms with van der Waals surface area (Å²) in [7, 11) is 8.48. The van der Waals surface area contributed by atoms with Crippen LogP contribution in [0.1, 0.15) is 204 Å². The molecule has 19 aromatic rings. The van der Waals surface area contributed by atoms with Gasteiger partial charge in [0.15, 0.2) is 63.1 Å². The van der Waals surface area contributed by atoms with E-state index in [4.69, 9.17) is 34.9 Å². The van der Waals surface area contributed by atoms with E-state index >= 15 is 0 Å². The molecule has 14 aromatic heterocycles. The van der Waals surface area contributed by atoms with Gasteiger partial charge in [-0.2, -0.15) is 36.5 Å². The van der Waals surface area contributed by atoms with E-state index < -0.39 is 29.3 Å². The van der Waals surface area contributed by atoms with Gasteiger partial charge in [0, 0.05) is 130 Å². The third kappa shape index (κ3) is 19.5. The van der Waals surface area contributed by atoms with E-state index in [0.717, 1.165) is 154 Å². The van der Waals surface area contributed by atoms with Gasteiger partial charge in [-0.15, -0.1) is 0 Å². The van der Waals surface area contributed by atoms with Gasteiger partial charge in [-0.05, 0) is 166 Å². The van der Waals surface area contributed by atoms with Crippen molar-refractivity contribution in [3.05, 3.63) is 317 Å². The Bertz CT molecular complexity index is 8550. The summed E-state index contributed by atoms with van der Waals surface area (Å²) in [5, 5.41) is 9.49. The summed E-state index contributed by atoms with van der Waals surface area (Å²) >= 11 is 0. The lowest BCUT2D eigenvalue weighted by atomic mass is 9.86. The van der Waals surface area contributed by atoms with E-state index in [1.165, 1.54) is 38.4 Å². The second-order valence-corrected chi connectivity index (χ2v) is 40.8. The first-order valence-electron chi connectivity index (χ1n) is 50.7. The van der Waals surface area contributed by atoms with Crippen molar-refractivity contribution >= 4 is 50.5 Å². The Hall–Kier alpha value is -16.0. The molecule has 38 heteroatoms. The van der Waals surface area contributed by atoms with Crippen LogP contribution in [0.5, 0.6) is 0 Å². The molecule has 23 rings (SSSR count). The number of hydrogen-bond acceptors (Lipinski definition) is 20. The van der Waals surface area contributed by atoms with Crippen LogP contribution in [0.4, 0.5) is 32.2 Å². The van der Waals surface area contributed by atoms with Crippen LogP contribution < -0.4 is 27.7 Å². The summed E-state index contributed by atoms with van der Waals surface area (Å²) in [6.45, 7) is 27.3. The molecule has 0 N–H and O–H groups in total. The molecule has 150 heavy (non-hydrogen) atoms. The zero-order valence-electron chi connectivity index (χ0n) is 86.5. The molecule has 4 fully saturated rings. The van der Waals surface area contributed by atoms with Gasteiger partial charge in [-0.25, -0.2) is 73.7 Å². The van der Waals surface area contributed by atoms with E-state index in [9.17, 15) is 45.5 Å². The standard InChI is InChI=1S/C29H27F3N6O2.C28H26F3N7O.C28H30N8O.C27H34N6O/c1-17(2)21-6-4-5-7-22(21)25-33-12-23-27(35-25)38(28(39)36(23)3)13-18-8-10-19(11-9-18)26-34-24(29(30,31)32)14-37(26)20-15-40-16-20;1-16(2)22-19(6-5-13-32-22)23-33-14-20-25(35-23)38(26(39)37(20)4)27(11-12-27)18-9-7-17(8-10-18)24-34-21(15-36(24)3)28(29,30)31;1-18(2)25-22(7-5-12-29-25)26-30-16-23-27(31-26)35(28(37)33(23)4)17-20-8-10-21(11-9-20)36-19(3)15-24(32-36)34-13-6-14-34;1-17(2)22-8-6-7-9-23(22)25-28-15-24-26(29-25)32(27(34)31(24)5)16-20-10-12-21(13-11-20)33-19(4)14-18(3)30-33/h4-12,14,17,20H,13,15-16H2,1-3H3;5-10,13-16H,11-12H2,1-4H3;5,7-12,15-16,18H,6,13-14,17H2,1-4H3;6-9,14-15,17,20-21H,10-13,16H2,1-5H3. The number of anilines is 1. The Morgan fingerprint density at radius 3 is 1.33 bits per heavy atom. The molecule has 2 saturated carbocycles. The SMILES string of the molecule is CC(C)c1ccccc1-c1ncc2c(n1)n(Cc1ccc(-c3nc(C(F)(F)F)cn3C3COC3)cc1)c(=O)n2C.CC(C)c1ncccc1-c1ncc2c(n1)n(C1(c3ccc(-c4nc(C(F)(F)F)cn4C)cc3)CC1)c(=O)n2C.Cc1cc(C)n(C2CCC(Cn3c(=O)n(C)c4cnc(-c5ccccc5C(C)C)nc43)CC2)n1.Cc1cc(N2CCC2)nn1-c1ccc(Cn2c(=O)n(C)c3cnc(-c4cccnc4C(C)C)nc32)cc1. The molecule has 2 saturated heterocycles. The van der Waals surface area contributed by atoms with Crippen LogP contribution >= 0.6 is 0 Å². The molecular formula is C112H117F6N27O5. The van der Waals surface area contributed by atoms with Crippen LogP contribution in [0.3, 0.4) is 0 Å². The average Bonchev–Trinajstić information content (AvgIpc) is 1.54. The zero-order chi connectivity index (χ0) is 106. The summed E-state index contributed by atoms with van der Waals surface area (Å²) in [4.78, 5) is 110. The minimum absolute atomic E-state index is 0.0146. The number of aryl methyl sites for hydroxylation is 8. The summed E-state index contributed by atoms with van der Waals surface area (Å²) in [5.74, 6) is 5.27. The number of benzene rings is 5. The Labute approximate surface area is 859 Å². The van der Waals surface area contributed by atoms with Gasteiger partial charge in [-0.3, -0.25) is 51.2 Å². The van der Waals surface area contributed by atoms with Crippen LogP contribution in [0.15, 0.2) is 226 Å². The first kappa shape index (κ1) is 101. The lowest BCUT2D eigenvalue weighted by Crippen LogP contribution is -2.37. The highest BCUT2D eigenvalue weighted by Crippen LogP contribution is 2.51. The number of nitrogens with zero attached hydrogens (tertiary/aromatic N) is 27. The molecule has 0 radical (unpaired) electrons. The van der Waals surface area contributed by atoms with Crippen molar-refractivity contribution in [1.82, 2.24) is 125 Å². The molecule has 5 aromatic carbocycles. The van der Waals surface area contributed by atoms with Gasteiger partial charge in [0.25, 0.3) is 0 Å². The zero-order valence-corrected chi connectivity index (χ0v) is 86.5. The molecule has 0 amide bonds. The summed E-state index contributed by atoms with van der Waals surface area (Å²) in [5.41, 5.74) is 18.1. The molecule has 2 aliphatic heterocycles. The second kappa shape index (κ2) is 40.6. The topological polar surface area (TPSA) is 320 Å². The average molecular weight is 2040 g/mol. The van der Waals surface area contributed by atoms with Gasteiger partial charge < -0.3 is 18.8 Å². The van der Waals surface area contributed by atoms with Crippen molar-refractivity contribution < 1.29 is 31.1 Å². The number of pyridine rings is 2. The van der Waals surface area contributed by atoms with E-state index in [2.05, 4.69) is 168 Å². The maximum Gasteiger partial charge on any atom is 0.434 e. The van der Waals surface area contributed by atoms with Crippen LogP contribution in [0, 0.1) is 26.7 Å². The predicted octanol–water partition coefficient (Wildman–Crippen LogP) is 19.9. The number of aromatic nitrogens is 26. The first-order valence-corrected chi connectivity index (χ1v) is 50.7. The fourth-order valence-electron chi connectivity index (χ4n) is 20.6. The van der Waals surface area contributed by atoms with Crippen molar-refractivity contribution in [3.8, 4) is 74.0 Å². The molecule has 0 atom stereocenters. The van der Waals surface area contributed by atoms with Crippen molar-refractivity contribution in [3.63, 3.8) is 0 Å². The molecule has 16 heterocycles. The molecule has 2 aliphatic carbocycles. The van der Waals surface area contributed by atoms with Crippen molar-refractivity contribution in [2.75, 3.05) is 31.2 Å².